The number of aliphatic hydroxyl groups excluding tert-OH is 1. The largest absolute Gasteiger partial charge is 0.416 e. The van der Waals surface area contributed by atoms with E-state index in [1.54, 1.807) is 13.8 Å². The molecule has 0 bridgehead atoms. The molecule has 1 aromatic carbocycles. The SMILES string of the molecule is Cc1nnc(Sc2ccccc2[C@H](C)O)o1. The van der Waals surface area contributed by atoms with Crippen molar-refractivity contribution in [3.63, 3.8) is 0 Å². The van der Waals surface area contributed by atoms with Gasteiger partial charge in [0.15, 0.2) is 0 Å². The van der Waals surface area contributed by atoms with Gasteiger partial charge in [-0.05, 0) is 30.3 Å². The Labute approximate surface area is 97.7 Å². The molecule has 1 N–H and O–H groups in total. The minimum atomic E-state index is -0.507. The lowest BCUT2D eigenvalue weighted by Crippen LogP contribution is -1.93. The quantitative estimate of drug-likeness (QED) is 0.887. The van der Waals surface area contributed by atoms with Gasteiger partial charge in [-0.1, -0.05) is 18.2 Å². The second kappa shape index (κ2) is 4.67. The number of rotatable bonds is 3. The molecular formula is C11H12N2O2S. The minimum absolute atomic E-state index is 0.491. The third-order valence-corrected chi connectivity index (χ3v) is 3.01. The number of benzene rings is 1. The number of hydrogen-bond donors (Lipinski definition) is 1. The molecule has 84 valence electrons. The Bertz CT molecular complexity index is 482. The lowest BCUT2D eigenvalue weighted by molar-refractivity contribution is 0.196. The predicted octanol–water partition coefficient (Wildman–Crippen LogP) is 2.58. The van der Waals surface area contributed by atoms with E-state index in [9.17, 15) is 5.11 Å². The van der Waals surface area contributed by atoms with Gasteiger partial charge in [0.1, 0.15) is 0 Å². The van der Waals surface area contributed by atoms with Gasteiger partial charge in [0.25, 0.3) is 5.22 Å². The molecule has 1 heterocycles. The highest BCUT2D eigenvalue weighted by atomic mass is 32.2. The molecule has 1 atom stereocenters. The molecule has 0 unspecified atom stereocenters. The summed E-state index contributed by atoms with van der Waals surface area (Å²) in [7, 11) is 0. The van der Waals surface area contributed by atoms with Gasteiger partial charge in [-0.25, -0.2) is 0 Å². The fourth-order valence-electron chi connectivity index (χ4n) is 1.33. The van der Waals surface area contributed by atoms with Crippen LogP contribution in [0.3, 0.4) is 0 Å². The van der Waals surface area contributed by atoms with Gasteiger partial charge in [0, 0.05) is 11.8 Å². The lowest BCUT2D eigenvalue weighted by atomic mass is 10.1. The monoisotopic (exact) mass is 236 g/mol. The molecule has 0 saturated carbocycles. The van der Waals surface area contributed by atoms with E-state index >= 15 is 0 Å². The van der Waals surface area contributed by atoms with Crippen LogP contribution in [0.5, 0.6) is 0 Å². The summed E-state index contributed by atoms with van der Waals surface area (Å²) < 4.78 is 5.28. The van der Waals surface area contributed by atoms with Crippen LogP contribution in [-0.4, -0.2) is 15.3 Å². The second-order valence-corrected chi connectivity index (χ2v) is 4.40. The summed E-state index contributed by atoms with van der Waals surface area (Å²) in [6, 6.07) is 7.62. The van der Waals surface area contributed by atoms with Crippen LogP contribution in [0, 0.1) is 6.92 Å². The number of aryl methyl sites for hydroxylation is 1. The van der Waals surface area contributed by atoms with Gasteiger partial charge < -0.3 is 9.52 Å². The van der Waals surface area contributed by atoms with E-state index < -0.39 is 6.10 Å². The van der Waals surface area contributed by atoms with Gasteiger partial charge in [0.2, 0.25) is 5.89 Å². The smallest absolute Gasteiger partial charge is 0.281 e. The molecule has 5 heteroatoms. The summed E-state index contributed by atoms with van der Waals surface area (Å²) in [5, 5.41) is 17.8. The van der Waals surface area contributed by atoms with Crippen LogP contribution in [0.4, 0.5) is 0 Å². The highest BCUT2D eigenvalue weighted by Crippen LogP contribution is 2.32. The highest BCUT2D eigenvalue weighted by molar-refractivity contribution is 7.99. The number of aliphatic hydroxyl groups is 1. The zero-order valence-corrected chi connectivity index (χ0v) is 9.86. The van der Waals surface area contributed by atoms with Crippen molar-refractivity contribution in [2.24, 2.45) is 0 Å². The van der Waals surface area contributed by atoms with Crippen molar-refractivity contribution in [3.05, 3.63) is 35.7 Å². The van der Waals surface area contributed by atoms with E-state index in [-0.39, 0.29) is 0 Å². The normalized spacial score (nSPS) is 12.7. The molecule has 0 radical (unpaired) electrons. The van der Waals surface area contributed by atoms with Crippen molar-refractivity contribution in [2.75, 3.05) is 0 Å². The molecule has 2 rings (SSSR count). The van der Waals surface area contributed by atoms with Crippen LogP contribution >= 0.6 is 11.8 Å². The molecular weight excluding hydrogens is 224 g/mol. The average Bonchev–Trinajstić information content (AvgIpc) is 2.64. The summed E-state index contributed by atoms with van der Waals surface area (Å²) in [4.78, 5) is 0.932. The second-order valence-electron chi connectivity index (χ2n) is 3.40. The summed E-state index contributed by atoms with van der Waals surface area (Å²) >= 11 is 1.36. The zero-order valence-electron chi connectivity index (χ0n) is 9.04. The molecule has 0 aliphatic heterocycles. The van der Waals surface area contributed by atoms with Gasteiger partial charge in [0.05, 0.1) is 6.10 Å². The Morgan fingerprint density at radius 1 is 1.31 bits per heavy atom. The Morgan fingerprint density at radius 3 is 2.69 bits per heavy atom. The average molecular weight is 236 g/mol. The molecule has 0 saturated heterocycles. The summed E-state index contributed by atoms with van der Waals surface area (Å²) in [6.07, 6.45) is -0.507. The standard InChI is InChI=1S/C11H12N2O2S/c1-7(14)9-5-3-4-6-10(9)16-11-13-12-8(2)15-11/h3-7,14H,1-2H3/t7-/m0/s1. The first kappa shape index (κ1) is 11.2. The first-order valence-electron chi connectivity index (χ1n) is 4.92. The first-order valence-corrected chi connectivity index (χ1v) is 5.73. The fourth-order valence-corrected chi connectivity index (χ4v) is 2.27. The molecule has 16 heavy (non-hydrogen) atoms. The van der Waals surface area contributed by atoms with Crippen molar-refractivity contribution in [1.82, 2.24) is 10.2 Å². The molecule has 0 aliphatic carbocycles. The summed E-state index contributed by atoms with van der Waals surface area (Å²) in [6.45, 7) is 3.48. The van der Waals surface area contributed by atoms with Crippen molar-refractivity contribution < 1.29 is 9.52 Å². The Morgan fingerprint density at radius 2 is 2.06 bits per heavy atom. The number of hydrogen-bond acceptors (Lipinski definition) is 5. The van der Waals surface area contributed by atoms with Crippen molar-refractivity contribution in [3.8, 4) is 0 Å². The molecule has 0 fully saturated rings. The van der Waals surface area contributed by atoms with Crippen LogP contribution < -0.4 is 0 Å². The van der Waals surface area contributed by atoms with Gasteiger partial charge in [-0.15, -0.1) is 10.2 Å². The van der Waals surface area contributed by atoms with Gasteiger partial charge in [-0.3, -0.25) is 0 Å². The third-order valence-electron chi connectivity index (χ3n) is 2.07. The maximum absolute atomic E-state index is 9.61. The van der Waals surface area contributed by atoms with Gasteiger partial charge >= 0.3 is 0 Å². The topological polar surface area (TPSA) is 59.2 Å². The molecule has 0 aliphatic rings. The lowest BCUT2D eigenvalue weighted by Gasteiger charge is -2.08. The third kappa shape index (κ3) is 2.43. The molecule has 4 nitrogen and oxygen atoms in total. The Balaban J connectivity index is 2.27. The first-order chi connectivity index (χ1) is 7.66. The van der Waals surface area contributed by atoms with E-state index in [4.69, 9.17) is 4.42 Å². The van der Waals surface area contributed by atoms with E-state index in [1.165, 1.54) is 11.8 Å². The van der Waals surface area contributed by atoms with Crippen molar-refractivity contribution in [2.45, 2.75) is 30.1 Å². The van der Waals surface area contributed by atoms with Crippen molar-refractivity contribution >= 4 is 11.8 Å². The van der Waals surface area contributed by atoms with Crippen LogP contribution in [0.15, 0.2) is 38.8 Å². The zero-order chi connectivity index (χ0) is 11.5. The van der Waals surface area contributed by atoms with Crippen molar-refractivity contribution in [1.29, 1.82) is 0 Å². The van der Waals surface area contributed by atoms with Crippen LogP contribution in [0.25, 0.3) is 0 Å². The summed E-state index contributed by atoms with van der Waals surface area (Å²) in [5.41, 5.74) is 0.864. The van der Waals surface area contributed by atoms with Crippen LogP contribution in [0.1, 0.15) is 24.5 Å². The number of nitrogens with zero attached hydrogens (tertiary/aromatic N) is 2. The van der Waals surface area contributed by atoms with E-state index in [0.29, 0.717) is 11.1 Å². The number of aromatic nitrogens is 2. The highest BCUT2D eigenvalue weighted by Gasteiger charge is 2.11. The predicted molar refractivity (Wildman–Crippen MR) is 60.2 cm³/mol. The maximum atomic E-state index is 9.61. The molecule has 1 aromatic heterocycles. The van der Waals surface area contributed by atoms with Gasteiger partial charge in [-0.2, -0.15) is 0 Å². The molecule has 2 aromatic rings. The Hall–Kier alpha value is -1.33. The summed E-state index contributed by atoms with van der Waals surface area (Å²) in [5.74, 6) is 0.539. The van der Waals surface area contributed by atoms with Crippen LogP contribution in [-0.2, 0) is 0 Å². The fraction of sp³-hybridized carbons (Fsp3) is 0.273. The van der Waals surface area contributed by atoms with E-state index in [0.717, 1.165) is 10.5 Å². The molecule has 0 amide bonds. The van der Waals surface area contributed by atoms with E-state index in [2.05, 4.69) is 10.2 Å². The maximum Gasteiger partial charge on any atom is 0.281 e. The Kier molecular flexibility index (Phi) is 3.26. The molecule has 0 spiro atoms. The van der Waals surface area contributed by atoms with Crippen LogP contribution in [0.2, 0.25) is 0 Å². The minimum Gasteiger partial charge on any atom is -0.416 e. The van der Waals surface area contributed by atoms with E-state index in [1.807, 2.05) is 24.3 Å².